The maximum atomic E-state index is 11.7. The van der Waals surface area contributed by atoms with E-state index in [2.05, 4.69) is 31.4 Å². The molecule has 2 N–H and O–H groups in total. The highest BCUT2D eigenvalue weighted by Crippen LogP contribution is 2.39. The third-order valence-corrected chi connectivity index (χ3v) is 4.79. The Labute approximate surface area is 123 Å². The van der Waals surface area contributed by atoms with Gasteiger partial charge in [-0.2, -0.15) is 0 Å². The predicted octanol–water partition coefficient (Wildman–Crippen LogP) is 2.60. The van der Waals surface area contributed by atoms with Crippen molar-refractivity contribution < 1.29 is 4.79 Å². The largest absolute Gasteiger partial charge is 0.356 e. The van der Waals surface area contributed by atoms with Crippen LogP contribution in [0.2, 0.25) is 0 Å². The zero-order valence-corrected chi connectivity index (χ0v) is 13.3. The number of rotatable bonds is 3. The molecule has 1 aliphatic carbocycles. The van der Waals surface area contributed by atoms with E-state index in [1.165, 1.54) is 25.7 Å². The lowest BCUT2D eigenvalue weighted by Gasteiger charge is -2.37. The molecule has 0 atom stereocenters. The SMILES string of the molecule is CC(C)(C)C1CCC(CNC(=O)C2CNC2)CC1.Cl. The summed E-state index contributed by atoms with van der Waals surface area (Å²) in [4.78, 5) is 11.7. The summed E-state index contributed by atoms with van der Waals surface area (Å²) in [5.74, 6) is 2.06. The minimum atomic E-state index is 0. The van der Waals surface area contributed by atoms with Crippen molar-refractivity contribution in [2.24, 2.45) is 23.2 Å². The lowest BCUT2D eigenvalue weighted by Crippen LogP contribution is -2.51. The van der Waals surface area contributed by atoms with Gasteiger partial charge in [-0.3, -0.25) is 4.79 Å². The lowest BCUT2D eigenvalue weighted by molar-refractivity contribution is -0.126. The molecule has 2 aliphatic rings. The molecule has 0 aromatic carbocycles. The van der Waals surface area contributed by atoms with Gasteiger partial charge in [0.25, 0.3) is 0 Å². The molecule has 19 heavy (non-hydrogen) atoms. The van der Waals surface area contributed by atoms with Crippen LogP contribution in [0.1, 0.15) is 46.5 Å². The molecule has 1 aliphatic heterocycles. The molecular formula is C15H29ClN2O. The van der Waals surface area contributed by atoms with Crippen LogP contribution in [0.15, 0.2) is 0 Å². The second-order valence-corrected chi connectivity index (χ2v) is 7.18. The van der Waals surface area contributed by atoms with E-state index in [1.807, 2.05) is 0 Å². The number of carbonyl (C=O) groups excluding carboxylic acids is 1. The summed E-state index contributed by atoms with van der Waals surface area (Å²) in [7, 11) is 0. The summed E-state index contributed by atoms with van der Waals surface area (Å²) in [6.45, 7) is 9.67. The van der Waals surface area contributed by atoms with Gasteiger partial charge in [-0.05, 0) is 42.9 Å². The van der Waals surface area contributed by atoms with E-state index >= 15 is 0 Å². The molecule has 3 nitrogen and oxygen atoms in total. The molecule has 1 heterocycles. The van der Waals surface area contributed by atoms with Crippen LogP contribution < -0.4 is 10.6 Å². The summed E-state index contributed by atoms with van der Waals surface area (Å²) in [5.41, 5.74) is 0.450. The van der Waals surface area contributed by atoms with Gasteiger partial charge in [0.1, 0.15) is 0 Å². The first-order chi connectivity index (χ1) is 8.47. The monoisotopic (exact) mass is 288 g/mol. The average Bonchev–Trinajstić information content (AvgIpc) is 2.23. The number of hydrogen-bond donors (Lipinski definition) is 2. The Morgan fingerprint density at radius 3 is 2.16 bits per heavy atom. The molecule has 1 saturated heterocycles. The van der Waals surface area contributed by atoms with Gasteiger partial charge in [0.2, 0.25) is 5.91 Å². The Bertz CT molecular complexity index is 289. The van der Waals surface area contributed by atoms with Crippen molar-refractivity contribution in [3.8, 4) is 0 Å². The van der Waals surface area contributed by atoms with E-state index in [9.17, 15) is 4.79 Å². The van der Waals surface area contributed by atoms with Crippen LogP contribution in [0.4, 0.5) is 0 Å². The standard InChI is InChI=1S/C15H28N2O.ClH/c1-15(2,3)13-6-4-11(5-7-13)8-17-14(18)12-9-16-10-12;/h11-13,16H,4-10H2,1-3H3,(H,17,18);1H. The summed E-state index contributed by atoms with van der Waals surface area (Å²) in [5, 5.41) is 6.27. The molecule has 0 bridgehead atoms. The number of carbonyl (C=O) groups is 1. The van der Waals surface area contributed by atoms with Crippen LogP contribution >= 0.6 is 12.4 Å². The van der Waals surface area contributed by atoms with Gasteiger partial charge in [0, 0.05) is 19.6 Å². The first kappa shape index (κ1) is 16.8. The van der Waals surface area contributed by atoms with Crippen LogP contribution in [0.5, 0.6) is 0 Å². The van der Waals surface area contributed by atoms with Gasteiger partial charge < -0.3 is 10.6 Å². The Morgan fingerprint density at radius 1 is 1.16 bits per heavy atom. The highest BCUT2D eigenvalue weighted by Gasteiger charge is 2.30. The van der Waals surface area contributed by atoms with Crippen LogP contribution in [-0.2, 0) is 4.79 Å². The third-order valence-electron chi connectivity index (χ3n) is 4.79. The zero-order valence-electron chi connectivity index (χ0n) is 12.5. The summed E-state index contributed by atoms with van der Waals surface area (Å²) < 4.78 is 0. The molecule has 0 radical (unpaired) electrons. The Hall–Kier alpha value is -0.280. The number of amides is 1. The molecule has 1 saturated carbocycles. The molecule has 1 amide bonds. The second kappa shape index (κ2) is 6.94. The van der Waals surface area contributed by atoms with E-state index in [-0.39, 0.29) is 24.2 Å². The third kappa shape index (κ3) is 4.64. The normalized spacial score (nSPS) is 28.2. The zero-order chi connectivity index (χ0) is 13.2. The average molecular weight is 289 g/mol. The van der Waals surface area contributed by atoms with Crippen LogP contribution in [0, 0.1) is 23.2 Å². The lowest BCUT2D eigenvalue weighted by atomic mass is 9.70. The van der Waals surface area contributed by atoms with E-state index < -0.39 is 0 Å². The van der Waals surface area contributed by atoms with Gasteiger partial charge in [-0.15, -0.1) is 12.4 Å². The van der Waals surface area contributed by atoms with E-state index in [1.54, 1.807) is 0 Å². The van der Waals surface area contributed by atoms with Crippen molar-refractivity contribution in [3.05, 3.63) is 0 Å². The van der Waals surface area contributed by atoms with Crippen molar-refractivity contribution in [2.75, 3.05) is 19.6 Å². The Kier molecular flexibility index (Phi) is 6.13. The van der Waals surface area contributed by atoms with E-state index in [0.717, 1.165) is 25.6 Å². The highest BCUT2D eigenvalue weighted by molar-refractivity contribution is 5.85. The first-order valence-electron chi connectivity index (χ1n) is 7.45. The molecule has 0 spiro atoms. The van der Waals surface area contributed by atoms with Crippen LogP contribution in [0.25, 0.3) is 0 Å². The maximum Gasteiger partial charge on any atom is 0.225 e. The van der Waals surface area contributed by atoms with Crippen LogP contribution in [-0.4, -0.2) is 25.5 Å². The first-order valence-corrected chi connectivity index (χ1v) is 7.45. The maximum absolute atomic E-state index is 11.7. The molecule has 4 heteroatoms. The van der Waals surface area contributed by atoms with Crippen molar-refractivity contribution >= 4 is 18.3 Å². The van der Waals surface area contributed by atoms with Gasteiger partial charge >= 0.3 is 0 Å². The molecule has 112 valence electrons. The number of hydrogen-bond acceptors (Lipinski definition) is 2. The summed E-state index contributed by atoms with van der Waals surface area (Å²) >= 11 is 0. The van der Waals surface area contributed by atoms with Gasteiger partial charge in [0.15, 0.2) is 0 Å². The van der Waals surface area contributed by atoms with Gasteiger partial charge in [0.05, 0.1) is 5.92 Å². The molecule has 2 rings (SSSR count). The Morgan fingerprint density at radius 2 is 1.74 bits per heavy atom. The van der Waals surface area contributed by atoms with Gasteiger partial charge in [-0.1, -0.05) is 20.8 Å². The van der Waals surface area contributed by atoms with Crippen LogP contribution in [0.3, 0.4) is 0 Å². The molecular weight excluding hydrogens is 260 g/mol. The number of halogens is 1. The second-order valence-electron chi connectivity index (χ2n) is 7.18. The van der Waals surface area contributed by atoms with Crippen molar-refractivity contribution in [1.82, 2.24) is 10.6 Å². The quantitative estimate of drug-likeness (QED) is 0.838. The van der Waals surface area contributed by atoms with E-state index in [4.69, 9.17) is 0 Å². The fourth-order valence-electron chi connectivity index (χ4n) is 3.10. The van der Waals surface area contributed by atoms with Crippen molar-refractivity contribution in [3.63, 3.8) is 0 Å². The molecule has 0 unspecified atom stereocenters. The minimum Gasteiger partial charge on any atom is -0.356 e. The summed E-state index contributed by atoms with van der Waals surface area (Å²) in [6.07, 6.45) is 5.22. The Balaban J connectivity index is 0.00000180. The smallest absolute Gasteiger partial charge is 0.225 e. The molecule has 0 aromatic heterocycles. The minimum absolute atomic E-state index is 0. The predicted molar refractivity (Wildman–Crippen MR) is 81.5 cm³/mol. The number of nitrogens with one attached hydrogen (secondary N) is 2. The van der Waals surface area contributed by atoms with E-state index in [0.29, 0.717) is 11.3 Å². The molecule has 0 aromatic rings. The van der Waals surface area contributed by atoms with Gasteiger partial charge in [-0.25, -0.2) is 0 Å². The fraction of sp³-hybridized carbons (Fsp3) is 0.933. The van der Waals surface area contributed by atoms with Crippen molar-refractivity contribution in [2.45, 2.75) is 46.5 Å². The molecule has 2 fully saturated rings. The highest BCUT2D eigenvalue weighted by atomic mass is 35.5. The topological polar surface area (TPSA) is 41.1 Å². The van der Waals surface area contributed by atoms with Crippen molar-refractivity contribution in [1.29, 1.82) is 0 Å². The summed E-state index contributed by atoms with van der Waals surface area (Å²) in [6, 6.07) is 0. The fourth-order valence-corrected chi connectivity index (χ4v) is 3.10.